The lowest BCUT2D eigenvalue weighted by atomic mass is 10.1. The van der Waals surface area contributed by atoms with Crippen molar-refractivity contribution in [3.63, 3.8) is 0 Å². The highest BCUT2D eigenvalue weighted by Crippen LogP contribution is 2.43. The van der Waals surface area contributed by atoms with Crippen molar-refractivity contribution in [1.82, 2.24) is 9.55 Å². The van der Waals surface area contributed by atoms with E-state index in [0.29, 0.717) is 0 Å². The summed E-state index contributed by atoms with van der Waals surface area (Å²) in [6, 6.07) is 36.4. The predicted octanol–water partition coefficient (Wildman–Crippen LogP) is 8.32. The molecule has 0 aliphatic carbocycles. The fraction of sp³-hybridized carbons (Fsp3) is 0. The number of nitrogens with one attached hydrogen (secondary N) is 1. The Balaban J connectivity index is 1.65. The normalized spacial score (nSPS) is 12.2. The molecule has 0 saturated carbocycles. The molecule has 0 bridgehead atoms. The second-order valence-electron chi connectivity index (χ2n) is 8.66. The van der Waals surface area contributed by atoms with Gasteiger partial charge < -0.3 is 14.0 Å². The first kappa shape index (κ1) is 17.1. The summed E-state index contributed by atoms with van der Waals surface area (Å²) in [5.41, 5.74) is 7.63. The van der Waals surface area contributed by atoms with Crippen molar-refractivity contribution in [2.75, 3.05) is 0 Å². The lowest BCUT2D eigenvalue weighted by Crippen LogP contribution is -1.93. The molecule has 0 spiro atoms. The van der Waals surface area contributed by atoms with Crippen LogP contribution in [0.5, 0.6) is 0 Å². The zero-order valence-electron chi connectivity index (χ0n) is 17.7. The van der Waals surface area contributed by atoms with Gasteiger partial charge in [0.15, 0.2) is 0 Å². The molecule has 3 heterocycles. The predicted molar refractivity (Wildman–Crippen MR) is 137 cm³/mol. The minimum atomic E-state index is 0.912. The number of rotatable bonds is 1. The maximum atomic E-state index is 6.59. The molecule has 5 aromatic carbocycles. The summed E-state index contributed by atoms with van der Waals surface area (Å²) in [5.74, 6) is 0. The van der Waals surface area contributed by atoms with Gasteiger partial charge in [-0.2, -0.15) is 0 Å². The topological polar surface area (TPSA) is 33.9 Å². The van der Waals surface area contributed by atoms with Gasteiger partial charge in [-0.05, 0) is 48.5 Å². The van der Waals surface area contributed by atoms with Crippen molar-refractivity contribution < 1.29 is 4.42 Å². The molecule has 0 radical (unpaired) electrons. The molecular weight excluding hydrogens is 404 g/mol. The number of benzene rings is 5. The van der Waals surface area contributed by atoms with E-state index in [1.807, 2.05) is 0 Å². The molecule has 0 fully saturated rings. The number of furan rings is 1. The van der Waals surface area contributed by atoms with Crippen molar-refractivity contribution in [2.45, 2.75) is 0 Å². The van der Waals surface area contributed by atoms with Crippen LogP contribution in [0.4, 0.5) is 0 Å². The minimum Gasteiger partial charge on any atom is -0.455 e. The van der Waals surface area contributed by atoms with Crippen LogP contribution in [-0.4, -0.2) is 9.55 Å². The van der Waals surface area contributed by atoms with Crippen LogP contribution in [0.25, 0.3) is 71.2 Å². The molecule has 0 amide bonds. The van der Waals surface area contributed by atoms with Gasteiger partial charge in [0.25, 0.3) is 0 Å². The van der Waals surface area contributed by atoms with Gasteiger partial charge >= 0.3 is 0 Å². The molecule has 3 aromatic heterocycles. The van der Waals surface area contributed by atoms with Crippen LogP contribution in [0, 0.1) is 0 Å². The van der Waals surface area contributed by atoms with Gasteiger partial charge in [0, 0.05) is 32.7 Å². The molecule has 0 unspecified atom stereocenters. The van der Waals surface area contributed by atoms with E-state index in [-0.39, 0.29) is 0 Å². The average molecular weight is 422 g/mol. The Morgan fingerprint density at radius 3 is 2.21 bits per heavy atom. The highest BCUT2D eigenvalue weighted by Gasteiger charge is 2.20. The van der Waals surface area contributed by atoms with Crippen LogP contribution in [0.3, 0.4) is 0 Å². The summed E-state index contributed by atoms with van der Waals surface area (Å²) in [6.45, 7) is 0. The molecule has 0 saturated heterocycles. The number of aromatic amines is 1. The number of aromatic nitrogens is 2. The van der Waals surface area contributed by atoms with E-state index in [1.54, 1.807) is 0 Å². The van der Waals surface area contributed by atoms with Gasteiger partial charge in [0.05, 0.1) is 27.3 Å². The van der Waals surface area contributed by atoms with Gasteiger partial charge in [-0.3, -0.25) is 0 Å². The number of H-pyrrole nitrogens is 1. The van der Waals surface area contributed by atoms with E-state index >= 15 is 0 Å². The number of hydrogen-bond acceptors (Lipinski definition) is 1. The molecule has 1 N–H and O–H groups in total. The summed E-state index contributed by atoms with van der Waals surface area (Å²) in [5, 5.41) is 7.14. The smallest absolute Gasteiger partial charge is 0.145 e. The first-order valence-electron chi connectivity index (χ1n) is 11.2. The number of hydrogen-bond donors (Lipinski definition) is 1. The molecular formula is C30H18N2O. The van der Waals surface area contributed by atoms with Gasteiger partial charge in [-0.1, -0.05) is 54.6 Å². The molecule has 3 nitrogen and oxygen atoms in total. The van der Waals surface area contributed by atoms with Crippen LogP contribution >= 0.6 is 0 Å². The third-order valence-corrected chi connectivity index (χ3v) is 6.92. The van der Waals surface area contributed by atoms with E-state index in [9.17, 15) is 0 Å². The quantitative estimate of drug-likeness (QED) is 0.283. The SMILES string of the molecule is c1ccc(-n2c3ccccc3c3ccc4oc5c(ccc6[nH]c7ccccc7c65)c4c32)cc1. The lowest BCUT2D eigenvalue weighted by Gasteiger charge is -2.08. The zero-order valence-corrected chi connectivity index (χ0v) is 17.7. The summed E-state index contributed by atoms with van der Waals surface area (Å²) >= 11 is 0. The largest absolute Gasteiger partial charge is 0.455 e. The van der Waals surface area contributed by atoms with Crippen LogP contribution in [0.1, 0.15) is 0 Å². The molecule has 8 rings (SSSR count). The van der Waals surface area contributed by atoms with E-state index in [4.69, 9.17) is 4.42 Å². The van der Waals surface area contributed by atoms with Gasteiger partial charge in [-0.15, -0.1) is 0 Å². The molecule has 0 aliphatic rings. The second kappa shape index (κ2) is 6.05. The van der Waals surface area contributed by atoms with E-state index < -0.39 is 0 Å². The molecule has 0 atom stereocenters. The third-order valence-electron chi connectivity index (χ3n) is 6.92. The fourth-order valence-electron chi connectivity index (χ4n) is 5.55. The van der Waals surface area contributed by atoms with Gasteiger partial charge in [-0.25, -0.2) is 0 Å². The van der Waals surface area contributed by atoms with Crippen molar-refractivity contribution >= 4 is 65.6 Å². The Labute approximate surface area is 188 Å². The summed E-state index contributed by atoms with van der Waals surface area (Å²) in [7, 11) is 0. The average Bonchev–Trinajstić information content (AvgIpc) is 3.53. The number of fused-ring (bicyclic) bond motifs is 11. The second-order valence-corrected chi connectivity index (χ2v) is 8.66. The fourth-order valence-corrected chi connectivity index (χ4v) is 5.55. The van der Waals surface area contributed by atoms with Crippen LogP contribution in [0.2, 0.25) is 0 Å². The summed E-state index contributed by atoms with van der Waals surface area (Å²) in [6.07, 6.45) is 0. The standard InChI is InChI=1S/C30H18N2O/c1-2-8-18(9-3-1)32-25-13-7-5-10-19(25)20-15-17-26-28(29(20)32)22-14-16-24-27(30(22)33-26)21-11-4-6-12-23(21)31-24/h1-17,31H. The van der Waals surface area contributed by atoms with E-state index in [0.717, 1.165) is 44.0 Å². The lowest BCUT2D eigenvalue weighted by molar-refractivity contribution is 0.673. The molecule has 8 aromatic rings. The molecule has 154 valence electrons. The maximum absolute atomic E-state index is 6.59. The first-order chi connectivity index (χ1) is 16.4. The maximum Gasteiger partial charge on any atom is 0.145 e. The van der Waals surface area contributed by atoms with E-state index in [1.165, 1.54) is 27.2 Å². The highest BCUT2D eigenvalue weighted by molar-refractivity contribution is 6.29. The highest BCUT2D eigenvalue weighted by atomic mass is 16.3. The van der Waals surface area contributed by atoms with E-state index in [2.05, 4.69) is 113 Å². The summed E-state index contributed by atoms with van der Waals surface area (Å²) in [4.78, 5) is 3.55. The number of para-hydroxylation sites is 3. The number of nitrogens with zero attached hydrogens (tertiary/aromatic N) is 1. The van der Waals surface area contributed by atoms with Crippen LogP contribution in [-0.2, 0) is 0 Å². The zero-order chi connectivity index (χ0) is 21.5. The minimum absolute atomic E-state index is 0.912. The van der Waals surface area contributed by atoms with Crippen molar-refractivity contribution in [3.8, 4) is 5.69 Å². The van der Waals surface area contributed by atoms with Crippen molar-refractivity contribution in [2.24, 2.45) is 0 Å². The first-order valence-corrected chi connectivity index (χ1v) is 11.2. The Kier molecular flexibility index (Phi) is 3.14. The molecule has 3 heteroatoms. The summed E-state index contributed by atoms with van der Waals surface area (Å²) < 4.78 is 8.97. The Morgan fingerprint density at radius 2 is 1.30 bits per heavy atom. The van der Waals surface area contributed by atoms with Crippen molar-refractivity contribution in [3.05, 3.63) is 103 Å². The van der Waals surface area contributed by atoms with Crippen LogP contribution < -0.4 is 0 Å². The van der Waals surface area contributed by atoms with Gasteiger partial charge in [0.1, 0.15) is 11.2 Å². The Morgan fingerprint density at radius 1 is 0.545 bits per heavy atom. The molecule has 0 aliphatic heterocycles. The Hall–Kier alpha value is -4.50. The van der Waals surface area contributed by atoms with Gasteiger partial charge in [0.2, 0.25) is 0 Å². The third kappa shape index (κ3) is 2.14. The van der Waals surface area contributed by atoms with Crippen LogP contribution in [0.15, 0.2) is 108 Å². The van der Waals surface area contributed by atoms with Crippen molar-refractivity contribution in [1.29, 1.82) is 0 Å². The Bertz CT molecular complexity index is 2020. The monoisotopic (exact) mass is 422 g/mol. The molecule has 33 heavy (non-hydrogen) atoms.